The van der Waals surface area contributed by atoms with Crippen molar-refractivity contribution in [2.24, 2.45) is 11.7 Å². The Labute approximate surface area is 118 Å². The molecular formula is C15H21N3S. The number of aromatic amines is 1. The molecule has 3 rings (SSSR count). The molecule has 4 heteroatoms. The number of imidazole rings is 1. The average molecular weight is 275 g/mol. The lowest BCUT2D eigenvalue weighted by atomic mass is 10.0. The summed E-state index contributed by atoms with van der Waals surface area (Å²) in [6.45, 7) is 2.11. The first-order chi connectivity index (χ1) is 9.22. The monoisotopic (exact) mass is 275 g/mol. The quantitative estimate of drug-likeness (QED) is 0.840. The lowest BCUT2D eigenvalue weighted by molar-refractivity contribution is 0.470. The van der Waals surface area contributed by atoms with Gasteiger partial charge in [-0.15, -0.1) is 0 Å². The Morgan fingerprint density at radius 1 is 1.42 bits per heavy atom. The molecule has 0 amide bonds. The highest BCUT2D eigenvalue weighted by atomic mass is 32.2. The summed E-state index contributed by atoms with van der Waals surface area (Å²) in [6, 6.07) is 6.77. The minimum Gasteiger partial charge on any atom is -0.333 e. The summed E-state index contributed by atoms with van der Waals surface area (Å²) in [7, 11) is 0. The van der Waals surface area contributed by atoms with E-state index in [1.807, 2.05) is 11.8 Å². The van der Waals surface area contributed by atoms with Crippen molar-refractivity contribution in [3.63, 3.8) is 0 Å². The van der Waals surface area contributed by atoms with Crippen LogP contribution in [0, 0.1) is 12.8 Å². The first-order valence-corrected chi connectivity index (χ1v) is 8.06. The Bertz CT molecular complexity index is 564. The molecule has 1 aromatic carbocycles. The van der Waals surface area contributed by atoms with E-state index in [9.17, 15) is 0 Å². The number of fused-ring (bicyclic) bond motifs is 1. The molecule has 19 heavy (non-hydrogen) atoms. The Balaban J connectivity index is 1.59. The molecule has 102 valence electrons. The van der Waals surface area contributed by atoms with Crippen LogP contribution in [0.4, 0.5) is 0 Å². The van der Waals surface area contributed by atoms with Gasteiger partial charge in [-0.25, -0.2) is 4.98 Å². The van der Waals surface area contributed by atoms with E-state index < -0.39 is 0 Å². The lowest BCUT2D eigenvalue weighted by Crippen LogP contribution is -2.24. The number of benzene rings is 1. The van der Waals surface area contributed by atoms with Crippen molar-refractivity contribution in [1.29, 1.82) is 0 Å². The lowest BCUT2D eigenvalue weighted by Gasteiger charge is -2.13. The maximum absolute atomic E-state index is 6.10. The molecule has 1 heterocycles. The summed E-state index contributed by atoms with van der Waals surface area (Å²) in [4.78, 5) is 8.01. The van der Waals surface area contributed by atoms with Gasteiger partial charge in [-0.2, -0.15) is 0 Å². The summed E-state index contributed by atoms with van der Waals surface area (Å²) < 4.78 is 0. The van der Waals surface area contributed by atoms with Crippen molar-refractivity contribution in [2.75, 3.05) is 5.75 Å². The number of rotatable bonds is 4. The van der Waals surface area contributed by atoms with Crippen molar-refractivity contribution >= 4 is 22.8 Å². The molecule has 0 spiro atoms. The summed E-state index contributed by atoms with van der Waals surface area (Å²) in [5.74, 6) is 1.83. The number of nitrogens with zero attached hydrogens (tertiary/aromatic N) is 1. The molecule has 3 nitrogen and oxygen atoms in total. The van der Waals surface area contributed by atoms with Crippen molar-refractivity contribution in [3.8, 4) is 0 Å². The zero-order valence-electron chi connectivity index (χ0n) is 11.4. The van der Waals surface area contributed by atoms with Crippen LogP contribution in [-0.4, -0.2) is 21.8 Å². The standard InChI is InChI=1S/C15H21N3S/c1-10-5-6-13-14(9-10)18-15(17-13)19-8-7-11-3-2-4-12(11)16/h5-6,9,11-12H,2-4,7-8,16H2,1H3,(H,17,18). The first-order valence-electron chi connectivity index (χ1n) is 7.07. The van der Waals surface area contributed by atoms with E-state index in [-0.39, 0.29) is 0 Å². The van der Waals surface area contributed by atoms with E-state index in [0.717, 1.165) is 27.9 Å². The third-order valence-corrected chi connectivity index (χ3v) is 4.97. The fraction of sp³-hybridized carbons (Fsp3) is 0.533. The Hall–Kier alpha value is -1.00. The van der Waals surface area contributed by atoms with Crippen LogP contribution in [0.1, 0.15) is 31.2 Å². The largest absolute Gasteiger partial charge is 0.333 e. The summed E-state index contributed by atoms with van der Waals surface area (Å²) in [6.07, 6.45) is 5.03. The van der Waals surface area contributed by atoms with Crippen LogP contribution in [0.2, 0.25) is 0 Å². The van der Waals surface area contributed by atoms with Crippen LogP contribution in [0.3, 0.4) is 0 Å². The summed E-state index contributed by atoms with van der Waals surface area (Å²) in [5.41, 5.74) is 9.57. The van der Waals surface area contributed by atoms with Gasteiger partial charge in [0.1, 0.15) is 0 Å². The Morgan fingerprint density at radius 2 is 2.32 bits per heavy atom. The van der Waals surface area contributed by atoms with Gasteiger partial charge in [0.2, 0.25) is 0 Å². The minimum atomic E-state index is 0.430. The Morgan fingerprint density at radius 3 is 3.11 bits per heavy atom. The van der Waals surface area contributed by atoms with Gasteiger partial charge in [0, 0.05) is 11.8 Å². The zero-order valence-corrected chi connectivity index (χ0v) is 12.2. The zero-order chi connectivity index (χ0) is 13.2. The van der Waals surface area contributed by atoms with Crippen molar-refractivity contribution < 1.29 is 0 Å². The highest BCUT2D eigenvalue weighted by Crippen LogP contribution is 2.29. The molecule has 1 aliphatic carbocycles. The molecule has 1 fully saturated rings. The number of H-pyrrole nitrogens is 1. The van der Waals surface area contributed by atoms with Crippen LogP contribution in [0.5, 0.6) is 0 Å². The van der Waals surface area contributed by atoms with Gasteiger partial charge in [-0.3, -0.25) is 0 Å². The van der Waals surface area contributed by atoms with Crippen molar-refractivity contribution in [1.82, 2.24) is 9.97 Å². The molecule has 1 aromatic heterocycles. The molecule has 0 saturated heterocycles. The predicted octanol–water partition coefficient (Wildman–Crippen LogP) is 3.48. The third kappa shape index (κ3) is 2.95. The summed E-state index contributed by atoms with van der Waals surface area (Å²) >= 11 is 1.82. The topological polar surface area (TPSA) is 54.7 Å². The number of aryl methyl sites for hydroxylation is 1. The number of nitrogens with one attached hydrogen (secondary N) is 1. The van der Waals surface area contributed by atoms with E-state index in [1.54, 1.807) is 0 Å². The van der Waals surface area contributed by atoms with Crippen LogP contribution in [-0.2, 0) is 0 Å². The Kier molecular flexibility index (Phi) is 3.80. The fourth-order valence-electron chi connectivity index (χ4n) is 2.90. The van der Waals surface area contributed by atoms with E-state index >= 15 is 0 Å². The van der Waals surface area contributed by atoms with Crippen LogP contribution >= 0.6 is 11.8 Å². The molecule has 2 atom stereocenters. The average Bonchev–Trinajstić information content (AvgIpc) is 2.95. The molecule has 3 N–H and O–H groups in total. The molecule has 0 aliphatic heterocycles. The molecule has 0 radical (unpaired) electrons. The van der Waals surface area contributed by atoms with Crippen LogP contribution in [0.25, 0.3) is 11.0 Å². The number of aromatic nitrogens is 2. The van der Waals surface area contributed by atoms with Gasteiger partial charge in [-0.1, -0.05) is 24.2 Å². The maximum Gasteiger partial charge on any atom is 0.166 e. The van der Waals surface area contributed by atoms with Crippen molar-refractivity contribution in [2.45, 2.75) is 43.8 Å². The second-order valence-corrected chi connectivity index (χ2v) is 6.64. The van der Waals surface area contributed by atoms with Crippen LogP contribution < -0.4 is 5.73 Å². The first kappa shape index (κ1) is 13.0. The van der Waals surface area contributed by atoms with Gasteiger partial charge in [0.05, 0.1) is 11.0 Å². The van der Waals surface area contributed by atoms with E-state index in [4.69, 9.17) is 5.73 Å². The predicted molar refractivity (Wildman–Crippen MR) is 81.5 cm³/mol. The van der Waals surface area contributed by atoms with E-state index in [0.29, 0.717) is 6.04 Å². The highest BCUT2D eigenvalue weighted by Gasteiger charge is 2.23. The number of hydrogen-bond acceptors (Lipinski definition) is 3. The fourth-order valence-corrected chi connectivity index (χ4v) is 3.86. The van der Waals surface area contributed by atoms with E-state index in [1.165, 1.54) is 31.2 Å². The second-order valence-electron chi connectivity index (χ2n) is 5.55. The molecule has 1 saturated carbocycles. The highest BCUT2D eigenvalue weighted by molar-refractivity contribution is 7.99. The van der Waals surface area contributed by atoms with Gasteiger partial charge >= 0.3 is 0 Å². The minimum absolute atomic E-state index is 0.430. The maximum atomic E-state index is 6.10. The van der Waals surface area contributed by atoms with Gasteiger partial charge in [0.15, 0.2) is 5.16 Å². The van der Waals surface area contributed by atoms with Crippen molar-refractivity contribution in [3.05, 3.63) is 23.8 Å². The van der Waals surface area contributed by atoms with E-state index in [2.05, 4.69) is 35.1 Å². The molecule has 1 aliphatic rings. The smallest absolute Gasteiger partial charge is 0.166 e. The SMILES string of the molecule is Cc1ccc2nc(SCCC3CCCC3N)[nH]c2c1. The number of nitrogens with two attached hydrogens (primary N) is 1. The molecular weight excluding hydrogens is 254 g/mol. The van der Waals surface area contributed by atoms with Gasteiger partial charge < -0.3 is 10.7 Å². The van der Waals surface area contributed by atoms with Crippen LogP contribution in [0.15, 0.2) is 23.4 Å². The number of hydrogen-bond donors (Lipinski definition) is 2. The number of thioether (sulfide) groups is 1. The second kappa shape index (κ2) is 5.55. The summed E-state index contributed by atoms with van der Waals surface area (Å²) in [5, 5.41) is 1.03. The van der Waals surface area contributed by atoms with Gasteiger partial charge in [0.25, 0.3) is 0 Å². The third-order valence-electron chi connectivity index (χ3n) is 4.06. The normalized spacial score (nSPS) is 23.3. The van der Waals surface area contributed by atoms with Gasteiger partial charge in [-0.05, 0) is 49.8 Å². The molecule has 2 unspecified atom stereocenters. The molecule has 2 aromatic rings. The molecule has 0 bridgehead atoms.